The van der Waals surface area contributed by atoms with Gasteiger partial charge in [-0.1, -0.05) is 36.4 Å². The second-order valence-electron chi connectivity index (χ2n) is 8.91. The number of hydrogen-bond acceptors (Lipinski definition) is 3. The third-order valence-electron chi connectivity index (χ3n) is 6.94. The number of hydrogen-bond donors (Lipinski definition) is 2. The Kier molecular flexibility index (Phi) is 5.75. The molecule has 2 N–H and O–H groups in total. The van der Waals surface area contributed by atoms with Gasteiger partial charge in [-0.3, -0.25) is 4.79 Å². The molecule has 1 amide bonds. The van der Waals surface area contributed by atoms with Gasteiger partial charge in [-0.25, -0.2) is 0 Å². The quantitative estimate of drug-likeness (QED) is 0.408. The zero-order valence-corrected chi connectivity index (χ0v) is 18.9. The number of fused-ring (bicyclic) bond motifs is 2. The molecule has 166 valence electrons. The van der Waals surface area contributed by atoms with Gasteiger partial charge in [0.15, 0.2) is 0 Å². The normalized spacial score (nSPS) is 18.9. The van der Waals surface area contributed by atoms with Crippen molar-refractivity contribution in [3.05, 3.63) is 71.6 Å². The molecule has 1 aliphatic rings. The van der Waals surface area contributed by atoms with Crippen molar-refractivity contribution >= 4 is 27.8 Å². The Hall–Kier alpha value is -3.05. The van der Waals surface area contributed by atoms with Gasteiger partial charge in [-0.15, -0.1) is 0 Å². The predicted molar refractivity (Wildman–Crippen MR) is 129 cm³/mol. The summed E-state index contributed by atoms with van der Waals surface area (Å²) in [6.07, 6.45) is 4.28. The molecule has 5 heteroatoms. The number of rotatable bonds is 6. The number of H-pyrrole nitrogens is 1. The Labute approximate surface area is 188 Å². The monoisotopic (exact) mass is 429 g/mol. The number of amides is 1. The molecule has 0 spiro atoms. The Morgan fingerprint density at radius 2 is 1.97 bits per heavy atom. The summed E-state index contributed by atoms with van der Waals surface area (Å²) in [6.45, 7) is 5.65. The van der Waals surface area contributed by atoms with Crippen molar-refractivity contribution in [2.75, 3.05) is 6.54 Å². The summed E-state index contributed by atoms with van der Waals surface area (Å²) in [6, 6.07) is 18.9. The second-order valence-corrected chi connectivity index (χ2v) is 8.91. The minimum atomic E-state index is 0.0995. The number of nitrogens with zero attached hydrogens (tertiary/aromatic N) is 1. The summed E-state index contributed by atoms with van der Waals surface area (Å²) in [5.41, 5.74) is 3.85. The van der Waals surface area contributed by atoms with Crippen LogP contribution in [0, 0.1) is 6.92 Å². The first-order chi connectivity index (χ1) is 15.6. The predicted octanol–water partition coefficient (Wildman–Crippen LogP) is 5.79. The first-order valence-electron chi connectivity index (χ1n) is 11.7. The molecule has 5 nitrogen and oxygen atoms in total. The highest BCUT2D eigenvalue weighted by atomic mass is 16.3. The van der Waals surface area contributed by atoms with Crippen LogP contribution in [0.25, 0.3) is 21.9 Å². The van der Waals surface area contributed by atoms with Gasteiger partial charge in [0.1, 0.15) is 17.0 Å². The van der Waals surface area contributed by atoms with Gasteiger partial charge in [-0.2, -0.15) is 0 Å². The molecule has 2 aromatic heterocycles. The fourth-order valence-electron chi connectivity index (χ4n) is 5.17. The molecule has 0 saturated heterocycles. The van der Waals surface area contributed by atoms with Gasteiger partial charge in [-0.05, 0) is 63.3 Å². The third-order valence-corrected chi connectivity index (χ3v) is 6.94. The van der Waals surface area contributed by atoms with Gasteiger partial charge in [0, 0.05) is 34.9 Å². The Bertz CT molecular complexity index is 1210. The maximum absolute atomic E-state index is 13.3. The standard InChI is InChI=1S/C27H31N3O2/c1-3-30(27(31)24-15-19-9-4-6-13-23(19)29-24)21-11-8-10-20(16-21)28-17-26-18(2)22-12-5-7-14-25(22)32-26/h4-7,9,12-15,20-21,28-29H,3,8,10-11,16-17H2,1-2H3/t20-,21+/m1/s1. The summed E-state index contributed by atoms with van der Waals surface area (Å²) in [5.74, 6) is 1.11. The zero-order chi connectivity index (χ0) is 22.1. The van der Waals surface area contributed by atoms with Crippen LogP contribution in [0.5, 0.6) is 0 Å². The van der Waals surface area contributed by atoms with Crippen molar-refractivity contribution in [3.63, 3.8) is 0 Å². The van der Waals surface area contributed by atoms with Crippen LogP contribution in [-0.2, 0) is 6.54 Å². The van der Waals surface area contributed by atoms with E-state index in [9.17, 15) is 4.79 Å². The smallest absolute Gasteiger partial charge is 0.270 e. The topological polar surface area (TPSA) is 61.3 Å². The zero-order valence-electron chi connectivity index (χ0n) is 18.9. The van der Waals surface area contributed by atoms with Crippen molar-refractivity contribution in [2.24, 2.45) is 0 Å². The molecule has 0 radical (unpaired) electrons. The second kappa shape index (κ2) is 8.83. The average molecular weight is 430 g/mol. The van der Waals surface area contributed by atoms with Gasteiger partial charge >= 0.3 is 0 Å². The van der Waals surface area contributed by atoms with Gasteiger partial charge < -0.3 is 19.6 Å². The Balaban J connectivity index is 1.26. The molecule has 1 saturated carbocycles. The van der Waals surface area contributed by atoms with Crippen LogP contribution in [0.4, 0.5) is 0 Å². The number of carbonyl (C=O) groups excluding carboxylic acids is 1. The van der Waals surface area contributed by atoms with Crippen LogP contribution < -0.4 is 5.32 Å². The molecule has 4 aromatic rings. The van der Waals surface area contributed by atoms with Gasteiger partial charge in [0.05, 0.1) is 6.54 Å². The van der Waals surface area contributed by atoms with E-state index in [-0.39, 0.29) is 11.9 Å². The lowest BCUT2D eigenvalue weighted by molar-refractivity contribution is 0.0622. The summed E-state index contributed by atoms with van der Waals surface area (Å²) in [7, 11) is 0. The van der Waals surface area contributed by atoms with E-state index in [4.69, 9.17) is 4.42 Å². The van der Waals surface area contributed by atoms with E-state index in [0.717, 1.165) is 54.5 Å². The van der Waals surface area contributed by atoms with E-state index in [1.807, 2.05) is 47.4 Å². The molecular weight excluding hydrogens is 398 g/mol. The molecule has 1 fully saturated rings. The molecule has 0 bridgehead atoms. The minimum absolute atomic E-state index is 0.0995. The lowest BCUT2D eigenvalue weighted by Gasteiger charge is -2.37. The first kappa shape index (κ1) is 20.8. The van der Waals surface area contributed by atoms with E-state index in [1.54, 1.807) is 0 Å². The highest BCUT2D eigenvalue weighted by Gasteiger charge is 2.30. The van der Waals surface area contributed by atoms with E-state index < -0.39 is 0 Å². The number of aromatic amines is 1. The Morgan fingerprint density at radius 1 is 1.16 bits per heavy atom. The molecule has 2 heterocycles. The highest BCUT2D eigenvalue weighted by molar-refractivity contribution is 5.98. The first-order valence-corrected chi connectivity index (χ1v) is 11.7. The Morgan fingerprint density at radius 3 is 2.78 bits per heavy atom. The van der Waals surface area contributed by atoms with Crippen LogP contribution in [-0.4, -0.2) is 34.4 Å². The minimum Gasteiger partial charge on any atom is -0.459 e. The number of benzene rings is 2. The lowest BCUT2D eigenvalue weighted by Crippen LogP contribution is -2.46. The molecular formula is C27H31N3O2. The van der Waals surface area contributed by atoms with Crippen LogP contribution in [0.1, 0.15) is 54.4 Å². The highest BCUT2D eigenvalue weighted by Crippen LogP contribution is 2.28. The maximum Gasteiger partial charge on any atom is 0.270 e. The largest absolute Gasteiger partial charge is 0.459 e. The van der Waals surface area contributed by atoms with Crippen molar-refractivity contribution < 1.29 is 9.21 Å². The summed E-state index contributed by atoms with van der Waals surface area (Å²) in [5, 5.41) is 5.98. The molecule has 5 rings (SSSR count). The van der Waals surface area contributed by atoms with Crippen LogP contribution in [0.3, 0.4) is 0 Å². The molecule has 0 aliphatic heterocycles. The van der Waals surface area contributed by atoms with Gasteiger partial charge in [0.25, 0.3) is 5.91 Å². The summed E-state index contributed by atoms with van der Waals surface area (Å²) in [4.78, 5) is 18.7. The number of nitrogens with one attached hydrogen (secondary N) is 2. The molecule has 2 atom stereocenters. The number of para-hydroxylation sites is 2. The average Bonchev–Trinajstić information content (AvgIpc) is 3.40. The van der Waals surface area contributed by atoms with Crippen molar-refractivity contribution in [3.8, 4) is 0 Å². The van der Waals surface area contributed by atoms with Gasteiger partial charge in [0.2, 0.25) is 0 Å². The molecule has 2 aromatic carbocycles. The number of aromatic nitrogens is 1. The molecule has 0 unspecified atom stereocenters. The molecule has 32 heavy (non-hydrogen) atoms. The van der Waals surface area contributed by atoms with Crippen molar-refractivity contribution in [2.45, 2.75) is 58.2 Å². The number of furan rings is 1. The fraction of sp³-hybridized carbons (Fsp3) is 0.370. The molecule has 1 aliphatic carbocycles. The van der Waals surface area contributed by atoms with Crippen LogP contribution >= 0.6 is 0 Å². The van der Waals surface area contributed by atoms with E-state index in [1.165, 1.54) is 10.9 Å². The van der Waals surface area contributed by atoms with E-state index in [0.29, 0.717) is 18.3 Å². The van der Waals surface area contributed by atoms with E-state index in [2.05, 4.69) is 36.3 Å². The van der Waals surface area contributed by atoms with Crippen LogP contribution in [0.2, 0.25) is 0 Å². The maximum atomic E-state index is 13.3. The number of carbonyl (C=O) groups is 1. The fourth-order valence-corrected chi connectivity index (χ4v) is 5.17. The summed E-state index contributed by atoms with van der Waals surface area (Å²) >= 11 is 0. The number of aryl methyl sites for hydroxylation is 1. The van der Waals surface area contributed by atoms with Crippen LogP contribution in [0.15, 0.2) is 59.0 Å². The van der Waals surface area contributed by atoms with E-state index >= 15 is 0 Å². The third kappa shape index (κ3) is 3.93. The van der Waals surface area contributed by atoms with Crippen molar-refractivity contribution in [1.29, 1.82) is 0 Å². The lowest BCUT2D eigenvalue weighted by atomic mass is 9.89. The summed E-state index contributed by atoms with van der Waals surface area (Å²) < 4.78 is 6.08. The SMILES string of the molecule is CCN(C(=O)c1cc2ccccc2[nH]1)[C@H]1CCC[C@@H](NCc2oc3ccccc3c2C)C1. The van der Waals surface area contributed by atoms with Crippen molar-refractivity contribution in [1.82, 2.24) is 15.2 Å².